The molecule has 2 rings (SSSR count). The Kier molecular flexibility index (Phi) is 4.46. The van der Waals surface area contributed by atoms with Gasteiger partial charge < -0.3 is 4.74 Å². The van der Waals surface area contributed by atoms with Crippen molar-refractivity contribution < 1.29 is 22.2 Å². The summed E-state index contributed by atoms with van der Waals surface area (Å²) in [6.07, 6.45) is 2.75. The highest BCUT2D eigenvalue weighted by Crippen LogP contribution is 2.19. The largest absolute Gasteiger partial charge is 0.497 e. The molecule has 0 N–H and O–H groups in total. The molecule has 7 heteroatoms. The second kappa shape index (κ2) is 6.15. The van der Waals surface area contributed by atoms with Crippen LogP contribution >= 0.6 is 0 Å². The smallest absolute Gasteiger partial charge is 0.358 e. The van der Waals surface area contributed by atoms with E-state index < -0.39 is 10.1 Å². The molecule has 0 heterocycles. The first-order chi connectivity index (χ1) is 10.3. The standard InChI is InChI=1S/C15H15NO5S/c1-10-11(2)15(17)9-8-14(10)16-21-22(18,19)13-6-4-12(20-3)5-7-13/h4-9H,1-3H3. The van der Waals surface area contributed by atoms with E-state index in [1.807, 2.05) is 0 Å². The second-order valence-electron chi connectivity index (χ2n) is 4.63. The normalized spacial score (nSPS) is 17.0. The fourth-order valence-corrected chi connectivity index (χ4v) is 2.49. The first-order valence-electron chi connectivity index (χ1n) is 6.41. The molecule has 0 unspecified atom stereocenters. The molecule has 0 saturated carbocycles. The summed E-state index contributed by atoms with van der Waals surface area (Å²) in [6, 6.07) is 5.75. The summed E-state index contributed by atoms with van der Waals surface area (Å²) in [5, 5.41) is 3.64. The zero-order valence-electron chi connectivity index (χ0n) is 12.4. The molecule has 0 bridgehead atoms. The van der Waals surface area contributed by atoms with Gasteiger partial charge in [0.1, 0.15) is 16.4 Å². The van der Waals surface area contributed by atoms with Gasteiger partial charge in [-0.3, -0.25) is 9.08 Å². The number of ether oxygens (including phenoxy) is 1. The summed E-state index contributed by atoms with van der Waals surface area (Å²) < 4.78 is 33.8. The monoisotopic (exact) mass is 321 g/mol. The maximum absolute atomic E-state index is 12.0. The molecule has 0 radical (unpaired) electrons. The molecule has 0 amide bonds. The van der Waals surface area contributed by atoms with Crippen LogP contribution in [0.15, 0.2) is 57.6 Å². The van der Waals surface area contributed by atoms with E-state index in [1.165, 1.54) is 43.5 Å². The summed E-state index contributed by atoms with van der Waals surface area (Å²) in [7, 11) is -2.54. The third-order valence-corrected chi connectivity index (χ3v) is 4.41. The van der Waals surface area contributed by atoms with Gasteiger partial charge in [0.15, 0.2) is 5.78 Å². The Balaban J connectivity index is 2.24. The lowest BCUT2D eigenvalue weighted by Gasteiger charge is -2.10. The third kappa shape index (κ3) is 3.25. The van der Waals surface area contributed by atoms with Gasteiger partial charge in [-0.2, -0.15) is 8.42 Å². The van der Waals surface area contributed by atoms with Gasteiger partial charge in [0.05, 0.1) is 7.11 Å². The second-order valence-corrected chi connectivity index (χ2v) is 6.16. The van der Waals surface area contributed by atoms with Crippen LogP contribution in [0.2, 0.25) is 0 Å². The van der Waals surface area contributed by atoms with Crippen LogP contribution in [0.25, 0.3) is 0 Å². The number of methoxy groups -OCH3 is 1. The molecule has 0 saturated heterocycles. The molecule has 6 nitrogen and oxygen atoms in total. The van der Waals surface area contributed by atoms with Crippen LogP contribution in [0.5, 0.6) is 5.75 Å². The van der Waals surface area contributed by atoms with Crippen molar-refractivity contribution in [3.8, 4) is 5.75 Å². The Morgan fingerprint density at radius 3 is 2.23 bits per heavy atom. The Morgan fingerprint density at radius 2 is 1.64 bits per heavy atom. The average molecular weight is 321 g/mol. The van der Waals surface area contributed by atoms with Crippen LogP contribution in [-0.4, -0.2) is 27.0 Å². The Hall–Kier alpha value is -2.41. The maximum Gasteiger partial charge on any atom is 0.358 e. The maximum atomic E-state index is 12.0. The Morgan fingerprint density at radius 1 is 1.00 bits per heavy atom. The summed E-state index contributed by atoms with van der Waals surface area (Å²) in [4.78, 5) is 11.4. The summed E-state index contributed by atoms with van der Waals surface area (Å²) in [5.41, 5.74) is 1.39. The number of hydrogen-bond acceptors (Lipinski definition) is 6. The number of nitrogens with zero attached hydrogens (tertiary/aromatic N) is 1. The van der Waals surface area contributed by atoms with Crippen LogP contribution in [0, 0.1) is 0 Å². The zero-order chi connectivity index (χ0) is 16.3. The fourth-order valence-electron chi connectivity index (χ4n) is 1.76. The molecule has 116 valence electrons. The molecule has 0 atom stereocenters. The third-order valence-electron chi connectivity index (χ3n) is 3.29. The van der Waals surface area contributed by atoms with Crippen molar-refractivity contribution in [2.24, 2.45) is 5.16 Å². The molecule has 1 aromatic rings. The molecule has 0 spiro atoms. The van der Waals surface area contributed by atoms with Gasteiger partial charge in [-0.15, -0.1) is 0 Å². The van der Waals surface area contributed by atoms with E-state index in [9.17, 15) is 13.2 Å². The highest BCUT2D eigenvalue weighted by Gasteiger charge is 2.18. The van der Waals surface area contributed by atoms with Gasteiger partial charge in [0.2, 0.25) is 0 Å². The van der Waals surface area contributed by atoms with Crippen LogP contribution in [0.4, 0.5) is 0 Å². The fraction of sp³-hybridized carbons (Fsp3) is 0.200. The minimum Gasteiger partial charge on any atom is -0.497 e. The lowest BCUT2D eigenvalue weighted by atomic mass is 9.97. The lowest BCUT2D eigenvalue weighted by Crippen LogP contribution is -2.12. The predicted molar refractivity (Wildman–Crippen MR) is 81.2 cm³/mol. The van der Waals surface area contributed by atoms with Crippen molar-refractivity contribution >= 4 is 21.6 Å². The minimum absolute atomic E-state index is 0.0353. The molecule has 1 aliphatic carbocycles. The van der Waals surface area contributed by atoms with E-state index in [-0.39, 0.29) is 10.7 Å². The molecule has 1 aromatic carbocycles. The first-order valence-corrected chi connectivity index (χ1v) is 7.82. The number of hydrogen-bond donors (Lipinski definition) is 0. The van der Waals surface area contributed by atoms with E-state index in [0.717, 1.165) is 0 Å². The van der Waals surface area contributed by atoms with Gasteiger partial charge in [-0.25, -0.2) is 0 Å². The highest BCUT2D eigenvalue weighted by molar-refractivity contribution is 7.86. The van der Waals surface area contributed by atoms with Crippen LogP contribution < -0.4 is 4.74 Å². The molecule has 0 fully saturated rings. The van der Waals surface area contributed by atoms with E-state index >= 15 is 0 Å². The van der Waals surface area contributed by atoms with Crippen molar-refractivity contribution in [3.63, 3.8) is 0 Å². The molecule has 22 heavy (non-hydrogen) atoms. The van der Waals surface area contributed by atoms with E-state index in [4.69, 9.17) is 9.02 Å². The quantitative estimate of drug-likeness (QED) is 0.627. The number of carbonyl (C=O) groups excluding carboxylic acids is 1. The van der Waals surface area contributed by atoms with Crippen LogP contribution in [0.3, 0.4) is 0 Å². The van der Waals surface area contributed by atoms with Gasteiger partial charge in [-0.05, 0) is 55.8 Å². The number of ketones is 1. The number of allylic oxidation sites excluding steroid dienone is 4. The van der Waals surface area contributed by atoms with Crippen molar-refractivity contribution in [1.29, 1.82) is 0 Å². The highest BCUT2D eigenvalue weighted by atomic mass is 32.2. The van der Waals surface area contributed by atoms with Gasteiger partial charge in [0.25, 0.3) is 0 Å². The van der Waals surface area contributed by atoms with Gasteiger partial charge in [0, 0.05) is 5.57 Å². The number of oxime groups is 1. The van der Waals surface area contributed by atoms with Gasteiger partial charge >= 0.3 is 10.1 Å². The number of carbonyl (C=O) groups is 1. The molecule has 1 aliphatic rings. The van der Waals surface area contributed by atoms with Crippen molar-refractivity contribution in [1.82, 2.24) is 0 Å². The van der Waals surface area contributed by atoms with Crippen LogP contribution in [0.1, 0.15) is 13.8 Å². The number of benzene rings is 1. The summed E-state index contributed by atoms with van der Waals surface area (Å²) in [5.74, 6) is 0.405. The Bertz CT molecular complexity index is 786. The summed E-state index contributed by atoms with van der Waals surface area (Å²) >= 11 is 0. The minimum atomic E-state index is -4.02. The predicted octanol–water partition coefficient (Wildman–Crippen LogP) is 2.23. The molecular weight excluding hydrogens is 306 g/mol. The molecular formula is C15H15NO5S. The van der Waals surface area contributed by atoms with Crippen molar-refractivity contribution in [3.05, 3.63) is 47.6 Å². The first kappa shape index (κ1) is 16.0. The topological polar surface area (TPSA) is 82.0 Å². The van der Waals surface area contributed by atoms with Crippen molar-refractivity contribution in [2.45, 2.75) is 18.7 Å². The lowest BCUT2D eigenvalue weighted by molar-refractivity contribution is -0.111. The van der Waals surface area contributed by atoms with E-state index in [0.29, 0.717) is 22.6 Å². The Labute approximate surface area is 128 Å². The van der Waals surface area contributed by atoms with Crippen LogP contribution in [-0.2, 0) is 19.2 Å². The molecule has 0 aliphatic heterocycles. The summed E-state index contributed by atoms with van der Waals surface area (Å²) in [6.45, 7) is 3.33. The van der Waals surface area contributed by atoms with E-state index in [2.05, 4.69) is 5.16 Å². The number of rotatable bonds is 4. The van der Waals surface area contributed by atoms with Crippen molar-refractivity contribution in [2.75, 3.05) is 7.11 Å². The van der Waals surface area contributed by atoms with Gasteiger partial charge in [-0.1, -0.05) is 5.16 Å². The molecule has 0 aromatic heterocycles. The SMILES string of the molecule is COc1ccc(S(=O)(=O)ON=C2C=CC(=O)C(C)=C2C)cc1. The zero-order valence-corrected chi connectivity index (χ0v) is 13.2. The average Bonchev–Trinajstić information content (AvgIpc) is 2.52. The van der Waals surface area contributed by atoms with E-state index in [1.54, 1.807) is 13.8 Å².